The SMILES string of the molecule is O=C(O)CC1COc2cc3c(cc21)OCC(c1cccc(-c2ccncc2Cl)c1)O3. The van der Waals surface area contributed by atoms with Crippen LogP contribution in [0.15, 0.2) is 54.9 Å². The van der Waals surface area contributed by atoms with Crippen molar-refractivity contribution < 1.29 is 24.1 Å². The summed E-state index contributed by atoms with van der Waals surface area (Å²) in [6.07, 6.45) is 3.08. The van der Waals surface area contributed by atoms with Gasteiger partial charge in [-0.1, -0.05) is 29.8 Å². The van der Waals surface area contributed by atoms with Gasteiger partial charge in [0.1, 0.15) is 12.4 Å². The first-order valence-corrected chi connectivity index (χ1v) is 9.98. The molecule has 2 atom stereocenters. The van der Waals surface area contributed by atoms with Crippen LogP contribution in [0.2, 0.25) is 5.02 Å². The number of hydrogen-bond acceptors (Lipinski definition) is 5. The van der Waals surface area contributed by atoms with E-state index in [0.717, 1.165) is 22.3 Å². The summed E-state index contributed by atoms with van der Waals surface area (Å²) >= 11 is 6.29. The van der Waals surface area contributed by atoms with Crippen molar-refractivity contribution in [3.05, 3.63) is 71.0 Å². The molecule has 2 aromatic carbocycles. The van der Waals surface area contributed by atoms with E-state index in [1.54, 1.807) is 18.5 Å². The number of rotatable bonds is 4. The van der Waals surface area contributed by atoms with Crippen molar-refractivity contribution >= 4 is 17.6 Å². The summed E-state index contributed by atoms with van der Waals surface area (Å²) < 4.78 is 17.9. The Morgan fingerprint density at radius 2 is 1.97 bits per heavy atom. The minimum atomic E-state index is -0.847. The molecular formula is C23H18ClNO5. The smallest absolute Gasteiger partial charge is 0.304 e. The average Bonchev–Trinajstić information content (AvgIpc) is 3.13. The zero-order valence-electron chi connectivity index (χ0n) is 15.9. The Morgan fingerprint density at radius 1 is 1.10 bits per heavy atom. The molecule has 7 heteroatoms. The van der Waals surface area contributed by atoms with Crippen LogP contribution in [0.3, 0.4) is 0 Å². The summed E-state index contributed by atoms with van der Waals surface area (Å²) in [7, 11) is 0. The Morgan fingerprint density at radius 3 is 2.80 bits per heavy atom. The molecule has 0 bridgehead atoms. The molecule has 2 aliphatic rings. The van der Waals surface area contributed by atoms with Gasteiger partial charge in [-0.3, -0.25) is 9.78 Å². The quantitative estimate of drug-likeness (QED) is 0.645. The molecule has 0 saturated carbocycles. The maximum atomic E-state index is 11.1. The number of benzene rings is 2. The van der Waals surface area contributed by atoms with Gasteiger partial charge in [-0.15, -0.1) is 0 Å². The largest absolute Gasteiger partial charge is 0.492 e. The lowest BCUT2D eigenvalue weighted by Crippen LogP contribution is -2.21. The predicted molar refractivity (Wildman–Crippen MR) is 110 cm³/mol. The van der Waals surface area contributed by atoms with Gasteiger partial charge in [-0.25, -0.2) is 0 Å². The van der Waals surface area contributed by atoms with Crippen molar-refractivity contribution in [3.8, 4) is 28.4 Å². The zero-order valence-corrected chi connectivity index (χ0v) is 16.6. The van der Waals surface area contributed by atoms with Gasteiger partial charge in [-0.05, 0) is 29.3 Å². The van der Waals surface area contributed by atoms with Crippen LogP contribution < -0.4 is 14.2 Å². The summed E-state index contributed by atoms with van der Waals surface area (Å²) in [4.78, 5) is 15.1. The van der Waals surface area contributed by atoms with Crippen LogP contribution in [0.5, 0.6) is 17.2 Å². The normalized spacial score (nSPS) is 19.1. The van der Waals surface area contributed by atoms with Gasteiger partial charge in [-0.2, -0.15) is 0 Å². The van der Waals surface area contributed by atoms with Crippen LogP contribution in [-0.4, -0.2) is 29.3 Å². The van der Waals surface area contributed by atoms with Crippen LogP contribution in [-0.2, 0) is 4.79 Å². The number of nitrogens with zero attached hydrogens (tertiary/aromatic N) is 1. The van der Waals surface area contributed by atoms with E-state index in [-0.39, 0.29) is 18.4 Å². The van der Waals surface area contributed by atoms with Gasteiger partial charge in [0, 0.05) is 35.5 Å². The van der Waals surface area contributed by atoms with Crippen molar-refractivity contribution in [2.24, 2.45) is 0 Å². The number of halogens is 1. The fraction of sp³-hybridized carbons (Fsp3) is 0.217. The first-order chi connectivity index (χ1) is 14.6. The number of fused-ring (bicyclic) bond motifs is 2. The van der Waals surface area contributed by atoms with Crippen LogP contribution in [0.4, 0.5) is 0 Å². The second-order valence-electron chi connectivity index (χ2n) is 7.34. The van der Waals surface area contributed by atoms with E-state index < -0.39 is 5.97 Å². The Bertz CT molecular complexity index is 1130. The van der Waals surface area contributed by atoms with Crippen molar-refractivity contribution in [3.63, 3.8) is 0 Å². The first-order valence-electron chi connectivity index (χ1n) is 9.60. The minimum Gasteiger partial charge on any atom is -0.492 e. The highest BCUT2D eigenvalue weighted by atomic mass is 35.5. The monoisotopic (exact) mass is 423 g/mol. The van der Waals surface area contributed by atoms with Crippen molar-refractivity contribution in [2.45, 2.75) is 18.4 Å². The molecule has 1 aromatic heterocycles. The molecule has 0 amide bonds. The molecule has 0 saturated heterocycles. The van der Waals surface area contributed by atoms with E-state index in [4.69, 9.17) is 30.9 Å². The summed E-state index contributed by atoms with van der Waals surface area (Å²) in [5.74, 6) is 0.834. The number of carbonyl (C=O) groups is 1. The lowest BCUT2D eigenvalue weighted by Gasteiger charge is -2.27. The third kappa shape index (κ3) is 3.44. The molecule has 2 unspecified atom stereocenters. The number of pyridine rings is 1. The fourth-order valence-corrected chi connectivity index (χ4v) is 4.13. The van der Waals surface area contributed by atoms with Crippen molar-refractivity contribution in [2.75, 3.05) is 13.2 Å². The van der Waals surface area contributed by atoms with Gasteiger partial charge < -0.3 is 19.3 Å². The van der Waals surface area contributed by atoms with Crippen LogP contribution in [0.1, 0.15) is 29.6 Å². The minimum absolute atomic E-state index is 0.0274. The highest BCUT2D eigenvalue weighted by Crippen LogP contribution is 2.46. The summed E-state index contributed by atoms with van der Waals surface area (Å²) in [5.41, 5.74) is 3.70. The number of hydrogen-bond donors (Lipinski definition) is 1. The van der Waals surface area contributed by atoms with Gasteiger partial charge in [0.05, 0.1) is 18.1 Å². The number of aromatic nitrogens is 1. The molecule has 0 radical (unpaired) electrons. The zero-order chi connectivity index (χ0) is 20.7. The van der Waals surface area contributed by atoms with E-state index in [9.17, 15) is 4.79 Å². The molecule has 0 fully saturated rings. The topological polar surface area (TPSA) is 77.9 Å². The molecule has 0 spiro atoms. The molecule has 152 valence electrons. The van der Waals surface area contributed by atoms with Gasteiger partial charge in [0.25, 0.3) is 0 Å². The van der Waals surface area contributed by atoms with Crippen molar-refractivity contribution in [1.29, 1.82) is 0 Å². The molecule has 30 heavy (non-hydrogen) atoms. The van der Waals surface area contributed by atoms with Gasteiger partial charge in [0.2, 0.25) is 0 Å². The van der Waals surface area contributed by atoms with Gasteiger partial charge >= 0.3 is 5.97 Å². The average molecular weight is 424 g/mol. The Hall–Kier alpha value is -3.25. The van der Waals surface area contributed by atoms with E-state index in [1.807, 2.05) is 36.4 Å². The first kappa shape index (κ1) is 18.8. The molecule has 0 aliphatic carbocycles. The summed E-state index contributed by atoms with van der Waals surface area (Å²) in [6.45, 7) is 0.701. The lowest BCUT2D eigenvalue weighted by atomic mass is 9.97. The number of carboxylic acids is 1. The number of carboxylic acid groups (broad SMARTS) is 1. The Balaban J connectivity index is 1.41. The maximum Gasteiger partial charge on any atom is 0.304 e. The standard InChI is InChI=1S/C23H18ClNO5/c24-18-10-25-5-4-16(18)13-2-1-3-14(6-13)22-12-29-20-8-17-15(7-23(26)27)11-28-19(17)9-21(20)30-22/h1-6,8-10,15,22H,7,11-12H2,(H,26,27). The molecule has 6 nitrogen and oxygen atoms in total. The lowest BCUT2D eigenvalue weighted by molar-refractivity contribution is -0.137. The molecule has 3 aromatic rings. The highest BCUT2D eigenvalue weighted by molar-refractivity contribution is 6.33. The summed E-state index contributed by atoms with van der Waals surface area (Å²) in [6, 6.07) is 13.5. The third-order valence-electron chi connectivity index (χ3n) is 5.38. The predicted octanol–water partition coefficient (Wildman–Crippen LogP) is 4.87. The van der Waals surface area contributed by atoms with E-state index in [1.165, 1.54) is 0 Å². The molecular weight excluding hydrogens is 406 g/mol. The second-order valence-corrected chi connectivity index (χ2v) is 7.75. The van der Waals surface area contributed by atoms with Crippen LogP contribution in [0.25, 0.3) is 11.1 Å². The number of ether oxygens (including phenoxy) is 3. The molecule has 5 rings (SSSR count). The van der Waals surface area contributed by atoms with E-state index in [0.29, 0.717) is 35.5 Å². The molecule has 3 heterocycles. The van der Waals surface area contributed by atoms with Gasteiger partial charge in [0.15, 0.2) is 17.6 Å². The molecule has 2 aliphatic heterocycles. The van der Waals surface area contributed by atoms with Crippen LogP contribution >= 0.6 is 11.6 Å². The number of aliphatic carboxylic acids is 1. The Kier molecular flexibility index (Phi) is 4.71. The second kappa shape index (κ2) is 7.54. The highest BCUT2D eigenvalue weighted by Gasteiger charge is 2.31. The third-order valence-corrected chi connectivity index (χ3v) is 5.68. The van der Waals surface area contributed by atoms with Crippen LogP contribution in [0, 0.1) is 0 Å². The Labute approximate surface area is 178 Å². The van der Waals surface area contributed by atoms with E-state index >= 15 is 0 Å². The van der Waals surface area contributed by atoms with E-state index in [2.05, 4.69) is 4.98 Å². The summed E-state index contributed by atoms with van der Waals surface area (Å²) in [5, 5.41) is 9.68. The fourth-order valence-electron chi connectivity index (χ4n) is 3.90. The van der Waals surface area contributed by atoms with Crippen molar-refractivity contribution in [1.82, 2.24) is 4.98 Å². The molecule has 1 N–H and O–H groups in total. The maximum absolute atomic E-state index is 11.1.